The summed E-state index contributed by atoms with van der Waals surface area (Å²) in [5.74, 6) is 0.933. The number of hydrogen-bond donors (Lipinski definition) is 0. The summed E-state index contributed by atoms with van der Waals surface area (Å²) in [6, 6.07) is 57.0. The lowest BCUT2D eigenvalue weighted by Crippen LogP contribution is -1.98. The predicted octanol–water partition coefficient (Wildman–Crippen LogP) is 13.5. The third-order valence-corrected chi connectivity index (χ3v) is 11.8. The van der Waals surface area contributed by atoms with Crippen molar-refractivity contribution >= 4 is 92.0 Å². The number of para-hydroxylation sites is 4. The van der Waals surface area contributed by atoms with Crippen molar-refractivity contribution in [3.63, 3.8) is 0 Å². The number of allylic oxidation sites excluding steroid dienone is 1. The fourth-order valence-corrected chi connectivity index (χ4v) is 9.89. The molecule has 0 saturated carbocycles. The van der Waals surface area contributed by atoms with Gasteiger partial charge in [-0.15, -0.1) is 11.3 Å². The SMILES string of the molecule is C/C=C/c1cc2c(c3ccccc3n2-c2ccc(-c3nc4ccccc4n3-c3ccccc3)cc2)c2sc3c4ccccc4c4ccccc4c3c12. The monoisotopic (exact) mass is 681 g/mol. The average molecular weight is 682 g/mol. The van der Waals surface area contributed by atoms with E-state index in [0.29, 0.717) is 0 Å². The molecule has 52 heavy (non-hydrogen) atoms. The van der Waals surface area contributed by atoms with Crippen molar-refractivity contribution in [2.75, 3.05) is 0 Å². The highest BCUT2D eigenvalue weighted by molar-refractivity contribution is 7.28. The molecule has 0 atom stereocenters. The van der Waals surface area contributed by atoms with Crippen LogP contribution < -0.4 is 0 Å². The van der Waals surface area contributed by atoms with Gasteiger partial charge in [0.25, 0.3) is 0 Å². The zero-order valence-corrected chi connectivity index (χ0v) is 29.2. The second kappa shape index (κ2) is 11.3. The van der Waals surface area contributed by atoms with Crippen molar-refractivity contribution in [3.8, 4) is 22.8 Å². The van der Waals surface area contributed by atoms with E-state index in [1.165, 1.54) is 69.1 Å². The van der Waals surface area contributed by atoms with Crippen LogP contribution in [0.5, 0.6) is 0 Å². The maximum Gasteiger partial charge on any atom is 0.145 e. The summed E-state index contributed by atoms with van der Waals surface area (Å²) >= 11 is 1.94. The summed E-state index contributed by atoms with van der Waals surface area (Å²) in [6.07, 6.45) is 4.46. The number of imidazole rings is 1. The summed E-state index contributed by atoms with van der Waals surface area (Å²) in [4.78, 5) is 5.13. The van der Waals surface area contributed by atoms with Crippen LogP contribution in [-0.2, 0) is 0 Å². The van der Waals surface area contributed by atoms with Crippen LogP contribution in [0.3, 0.4) is 0 Å². The van der Waals surface area contributed by atoms with Crippen molar-refractivity contribution < 1.29 is 0 Å². The topological polar surface area (TPSA) is 22.8 Å². The molecule has 0 bridgehead atoms. The van der Waals surface area contributed by atoms with Crippen LogP contribution >= 0.6 is 11.3 Å². The molecule has 3 nitrogen and oxygen atoms in total. The molecule has 0 N–H and O–H groups in total. The lowest BCUT2D eigenvalue weighted by molar-refractivity contribution is 1.10. The summed E-state index contributed by atoms with van der Waals surface area (Å²) in [5.41, 5.74) is 9.04. The van der Waals surface area contributed by atoms with Gasteiger partial charge in [-0.3, -0.25) is 4.57 Å². The minimum atomic E-state index is 0.933. The van der Waals surface area contributed by atoms with Gasteiger partial charge in [0.1, 0.15) is 5.82 Å². The van der Waals surface area contributed by atoms with Crippen molar-refractivity contribution in [2.45, 2.75) is 6.92 Å². The van der Waals surface area contributed by atoms with Crippen molar-refractivity contribution in [1.29, 1.82) is 0 Å². The molecule has 8 aromatic carbocycles. The van der Waals surface area contributed by atoms with Gasteiger partial charge in [-0.25, -0.2) is 4.98 Å². The number of hydrogen-bond acceptors (Lipinski definition) is 2. The summed E-state index contributed by atoms with van der Waals surface area (Å²) in [6.45, 7) is 2.12. The quantitative estimate of drug-likeness (QED) is 0.170. The molecule has 0 aliphatic heterocycles. The van der Waals surface area contributed by atoms with Gasteiger partial charge in [0, 0.05) is 53.3 Å². The minimum absolute atomic E-state index is 0.933. The molecule has 0 unspecified atom stereocenters. The second-order valence-corrected chi connectivity index (χ2v) is 14.5. The van der Waals surface area contributed by atoms with E-state index in [0.717, 1.165) is 33.8 Å². The zero-order valence-electron chi connectivity index (χ0n) is 28.4. The molecule has 11 rings (SSSR count). The Bertz CT molecular complexity index is 3230. The van der Waals surface area contributed by atoms with E-state index in [1.54, 1.807) is 0 Å². The molecule has 0 saturated heterocycles. The van der Waals surface area contributed by atoms with Gasteiger partial charge in [0.2, 0.25) is 0 Å². The lowest BCUT2D eigenvalue weighted by Gasteiger charge is -2.12. The van der Waals surface area contributed by atoms with Crippen molar-refractivity contribution in [3.05, 3.63) is 169 Å². The first-order chi connectivity index (χ1) is 25.8. The molecule has 11 aromatic rings. The van der Waals surface area contributed by atoms with Crippen LogP contribution in [0.1, 0.15) is 12.5 Å². The number of thiophene rings is 1. The highest BCUT2D eigenvalue weighted by atomic mass is 32.1. The molecule has 0 aliphatic carbocycles. The fourth-order valence-electron chi connectivity index (χ4n) is 8.44. The first kappa shape index (κ1) is 29.3. The van der Waals surface area contributed by atoms with E-state index in [2.05, 4.69) is 186 Å². The van der Waals surface area contributed by atoms with Gasteiger partial charge in [0.15, 0.2) is 0 Å². The largest absolute Gasteiger partial charge is 0.309 e. The summed E-state index contributed by atoms with van der Waals surface area (Å²) < 4.78 is 7.40. The van der Waals surface area contributed by atoms with E-state index in [-0.39, 0.29) is 0 Å². The molecular weight excluding hydrogens is 651 g/mol. The zero-order chi connectivity index (χ0) is 34.3. The van der Waals surface area contributed by atoms with Gasteiger partial charge in [0.05, 0.1) is 22.1 Å². The first-order valence-corrected chi connectivity index (χ1v) is 18.6. The Morgan fingerprint density at radius 3 is 1.87 bits per heavy atom. The first-order valence-electron chi connectivity index (χ1n) is 17.8. The van der Waals surface area contributed by atoms with E-state index < -0.39 is 0 Å². The van der Waals surface area contributed by atoms with E-state index in [1.807, 2.05) is 11.3 Å². The number of nitrogens with zero attached hydrogens (tertiary/aromatic N) is 3. The van der Waals surface area contributed by atoms with E-state index >= 15 is 0 Å². The Morgan fingerprint density at radius 1 is 0.481 bits per heavy atom. The highest BCUT2D eigenvalue weighted by Gasteiger charge is 2.22. The fraction of sp³-hybridized carbons (Fsp3) is 0.0208. The Balaban J connectivity index is 1.20. The third kappa shape index (κ3) is 4.10. The van der Waals surface area contributed by atoms with Gasteiger partial charge in [-0.1, -0.05) is 109 Å². The molecule has 3 heterocycles. The lowest BCUT2D eigenvalue weighted by atomic mass is 9.94. The Hall–Kier alpha value is -6.49. The molecule has 0 fully saturated rings. The number of aromatic nitrogens is 3. The molecule has 4 heteroatoms. The Kier molecular flexibility index (Phi) is 6.34. The maximum atomic E-state index is 5.13. The van der Waals surface area contributed by atoms with Gasteiger partial charge < -0.3 is 4.57 Å². The summed E-state index contributed by atoms with van der Waals surface area (Å²) in [7, 11) is 0. The number of rotatable bonds is 4. The molecule has 244 valence electrons. The van der Waals surface area contributed by atoms with E-state index in [9.17, 15) is 0 Å². The van der Waals surface area contributed by atoms with Crippen LogP contribution in [-0.4, -0.2) is 14.1 Å². The van der Waals surface area contributed by atoms with Crippen LogP contribution in [0.15, 0.2) is 164 Å². The Labute approximate surface area is 303 Å². The standard InChI is InChI=1S/C48H31N3S/c1-2-14-31-29-42-44(47-43(31)45-36-19-8-6-17-34(36)35-18-7-9-20-37(35)46(45)52-47)38-21-10-12-23-40(38)50(42)33-27-25-30(26-28-33)48-49-39-22-11-13-24-41(39)51(48)32-15-4-3-5-16-32/h2-29H,1H3/b14-2+. The highest BCUT2D eigenvalue weighted by Crippen LogP contribution is 2.49. The second-order valence-electron chi connectivity index (χ2n) is 13.5. The minimum Gasteiger partial charge on any atom is -0.309 e. The molecular formula is C48H31N3S. The van der Waals surface area contributed by atoms with Gasteiger partial charge >= 0.3 is 0 Å². The average Bonchev–Trinajstić information content (AvgIpc) is 3.89. The van der Waals surface area contributed by atoms with Gasteiger partial charge in [-0.05, 0) is 89.3 Å². The van der Waals surface area contributed by atoms with Crippen LogP contribution in [0.25, 0.3) is 103 Å². The molecule has 0 aliphatic rings. The molecule has 0 radical (unpaired) electrons. The summed E-state index contributed by atoms with van der Waals surface area (Å²) in [5, 5.41) is 10.5. The van der Waals surface area contributed by atoms with Crippen LogP contribution in [0, 0.1) is 0 Å². The molecule has 0 spiro atoms. The molecule has 0 amide bonds. The van der Waals surface area contributed by atoms with Crippen LogP contribution in [0.2, 0.25) is 0 Å². The number of benzene rings is 8. The maximum absolute atomic E-state index is 5.13. The Morgan fingerprint density at radius 2 is 1.10 bits per heavy atom. The van der Waals surface area contributed by atoms with Crippen molar-refractivity contribution in [1.82, 2.24) is 14.1 Å². The third-order valence-electron chi connectivity index (χ3n) is 10.6. The predicted molar refractivity (Wildman–Crippen MR) is 223 cm³/mol. The molecule has 3 aromatic heterocycles. The number of fused-ring (bicyclic) bond motifs is 13. The normalized spacial score (nSPS) is 12.2. The van der Waals surface area contributed by atoms with E-state index in [4.69, 9.17) is 4.98 Å². The smallest absolute Gasteiger partial charge is 0.145 e. The van der Waals surface area contributed by atoms with Crippen molar-refractivity contribution in [2.24, 2.45) is 0 Å². The van der Waals surface area contributed by atoms with Gasteiger partial charge in [-0.2, -0.15) is 0 Å². The van der Waals surface area contributed by atoms with Crippen LogP contribution in [0.4, 0.5) is 0 Å².